The van der Waals surface area contributed by atoms with Gasteiger partial charge < -0.3 is 10.5 Å². The van der Waals surface area contributed by atoms with Crippen LogP contribution >= 0.6 is 23.2 Å². The Morgan fingerprint density at radius 1 is 1.40 bits per heavy atom. The van der Waals surface area contributed by atoms with Crippen LogP contribution in [0.1, 0.15) is 6.92 Å². The highest BCUT2D eigenvalue weighted by atomic mass is 35.5. The molecule has 0 heterocycles. The topological polar surface area (TPSA) is 52.3 Å². The third kappa shape index (κ3) is 3.98. The Bertz CT molecular complexity index is 348. The largest absolute Gasteiger partial charge is 0.493 e. The summed E-state index contributed by atoms with van der Waals surface area (Å²) in [6, 6.07) is 4.86. The highest BCUT2D eigenvalue weighted by Crippen LogP contribution is 2.24. The molecule has 0 aliphatic heterocycles. The van der Waals surface area contributed by atoms with Gasteiger partial charge in [0.15, 0.2) is 0 Å². The molecule has 2 N–H and O–H groups in total. The SMILES string of the molecule is CC(COc1cc(Cl)cc(Cl)c1)C(N)=O. The zero-order valence-electron chi connectivity index (χ0n) is 8.17. The molecule has 1 unspecified atom stereocenters. The van der Waals surface area contributed by atoms with E-state index < -0.39 is 5.91 Å². The number of ether oxygens (including phenoxy) is 1. The molecule has 0 radical (unpaired) electrons. The molecule has 1 rings (SSSR count). The van der Waals surface area contributed by atoms with E-state index in [0.29, 0.717) is 15.8 Å². The lowest BCUT2D eigenvalue weighted by Crippen LogP contribution is -2.25. The smallest absolute Gasteiger partial charge is 0.223 e. The molecule has 0 spiro atoms. The fourth-order valence-electron chi connectivity index (χ4n) is 0.915. The molecule has 0 aromatic heterocycles. The van der Waals surface area contributed by atoms with E-state index in [0.717, 1.165) is 0 Å². The van der Waals surface area contributed by atoms with Gasteiger partial charge >= 0.3 is 0 Å². The molecule has 0 fully saturated rings. The van der Waals surface area contributed by atoms with E-state index in [1.54, 1.807) is 25.1 Å². The highest BCUT2D eigenvalue weighted by Gasteiger charge is 2.09. The van der Waals surface area contributed by atoms with Gasteiger partial charge in [-0.2, -0.15) is 0 Å². The van der Waals surface area contributed by atoms with Crippen molar-refractivity contribution in [1.29, 1.82) is 0 Å². The summed E-state index contributed by atoms with van der Waals surface area (Å²) in [5.41, 5.74) is 5.09. The van der Waals surface area contributed by atoms with E-state index in [1.165, 1.54) is 0 Å². The van der Waals surface area contributed by atoms with Gasteiger partial charge in [0.05, 0.1) is 12.5 Å². The van der Waals surface area contributed by atoms with Crippen LogP contribution in [-0.4, -0.2) is 12.5 Å². The zero-order chi connectivity index (χ0) is 11.4. The van der Waals surface area contributed by atoms with Crippen molar-refractivity contribution in [3.63, 3.8) is 0 Å². The van der Waals surface area contributed by atoms with Gasteiger partial charge in [-0.25, -0.2) is 0 Å². The van der Waals surface area contributed by atoms with Crippen molar-refractivity contribution in [2.24, 2.45) is 11.7 Å². The first-order chi connectivity index (χ1) is 6.99. The van der Waals surface area contributed by atoms with Crippen molar-refractivity contribution in [1.82, 2.24) is 0 Å². The molecule has 5 heteroatoms. The van der Waals surface area contributed by atoms with Gasteiger partial charge in [-0.15, -0.1) is 0 Å². The lowest BCUT2D eigenvalue weighted by Gasteiger charge is -2.10. The van der Waals surface area contributed by atoms with E-state index in [1.807, 2.05) is 0 Å². The summed E-state index contributed by atoms with van der Waals surface area (Å²) in [5, 5.41) is 0.980. The van der Waals surface area contributed by atoms with Gasteiger partial charge in [0.1, 0.15) is 5.75 Å². The lowest BCUT2D eigenvalue weighted by atomic mass is 10.2. The van der Waals surface area contributed by atoms with Crippen molar-refractivity contribution in [2.45, 2.75) is 6.92 Å². The average molecular weight is 248 g/mol. The second kappa shape index (κ2) is 5.24. The van der Waals surface area contributed by atoms with E-state index in [4.69, 9.17) is 33.7 Å². The molecule has 0 aliphatic rings. The molecule has 0 aliphatic carbocycles. The minimum atomic E-state index is -0.400. The van der Waals surface area contributed by atoms with Crippen LogP contribution in [0.15, 0.2) is 18.2 Å². The first kappa shape index (κ1) is 12.1. The van der Waals surface area contributed by atoms with Crippen LogP contribution in [0, 0.1) is 5.92 Å². The second-order valence-electron chi connectivity index (χ2n) is 3.22. The van der Waals surface area contributed by atoms with E-state index in [2.05, 4.69) is 0 Å². The normalized spacial score (nSPS) is 12.2. The molecule has 15 heavy (non-hydrogen) atoms. The van der Waals surface area contributed by atoms with Crippen LogP contribution in [-0.2, 0) is 4.79 Å². The van der Waals surface area contributed by atoms with Crippen molar-refractivity contribution in [2.75, 3.05) is 6.61 Å². The minimum Gasteiger partial charge on any atom is -0.493 e. The minimum absolute atomic E-state index is 0.214. The summed E-state index contributed by atoms with van der Waals surface area (Å²) in [6.45, 7) is 1.90. The van der Waals surface area contributed by atoms with Gasteiger partial charge in [-0.1, -0.05) is 30.1 Å². The quantitative estimate of drug-likeness (QED) is 0.889. The maximum atomic E-state index is 10.7. The number of primary amides is 1. The van der Waals surface area contributed by atoms with Crippen LogP contribution in [0.2, 0.25) is 10.0 Å². The van der Waals surface area contributed by atoms with E-state index in [-0.39, 0.29) is 12.5 Å². The van der Waals surface area contributed by atoms with Crippen LogP contribution in [0.4, 0.5) is 0 Å². The van der Waals surface area contributed by atoms with Crippen molar-refractivity contribution < 1.29 is 9.53 Å². The number of rotatable bonds is 4. The van der Waals surface area contributed by atoms with Crippen molar-refractivity contribution in [3.8, 4) is 5.75 Å². The van der Waals surface area contributed by atoms with Crippen LogP contribution in [0.3, 0.4) is 0 Å². The summed E-state index contributed by atoms with van der Waals surface area (Å²) in [6.07, 6.45) is 0. The number of amides is 1. The fourth-order valence-corrected chi connectivity index (χ4v) is 1.42. The number of hydrogen-bond donors (Lipinski definition) is 1. The zero-order valence-corrected chi connectivity index (χ0v) is 9.68. The molecular formula is C10H11Cl2NO2. The highest BCUT2D eigenvalue weighted by molar-refractivity contribution is 6.34. The Hall–Kier alpha value is -0.930. The number of nitrogens with two attached hydrogens (primary N) is 1. The Morgan fingerprint density at radius 3 is 2.40 bits per heavy atom. The first-order valence-corrected chi connectivity index (χ1v) is 5.13. The second-order valence-corrected chi connectivity index (χ2v) is 4.09. The Kier molecular flexibility index (Phi) is 4.24. The molecular weight excluding hydrogens is 237 g/mol. The van der Waals surface area contributed by atoms with Gasteiger partial charge in [-0.05, 0) is 18.2 Å². The molecule has 1 aromatic rings. The van der Waals surface area contributed by atoms with Gasteiger partial charge in [0.25, 0.3) is 0 Å². The average Bonchev–Trinajstić information content (AvgIpc) is 2.12. The molecule has 1 atom stereocenters. The molecule has 1 aromatic carbocycles. The number of hydrogen-bond acceptors (Lipinski definition) is 2. The standard InChI is InChI=1S/C10H11Cl2NO2/c1-6(10(13)14)5-15-9-3-7(11)2-8(12)4-9/h2-4,6H,5H2,1H3,(H2,13,14). The van der Waals surface area contributed by atoms with Crippen molar-refractivity contribution >= 4 is 29.1 Å². The monoisotopic (exact) mass is 247 g/mol. The fraction of sp³-hybridized carbons (Fsp3) is 0.300. The molecule has 1 amide bonds. The van der Waals surface area contributed by atoms with E-state index in [9.17, 15) is 4.79 Å². The van der Waals surface area contributed by atoms with E-state index >= 15 is 0 Å². The Morgan fingerprint density at radius 2 is 1.93 bits per heavy atom. The summed E-state index contributed by atoms with van der Waals surface area (Å²) < 4.78 is 5.32. The summed E-state index contributed by atoms with van der Waals surface area (Å²) in [7, 11) is 0. The Balaban J connectivity index is 2.61. The maximum Gasteiger partial charge on any atom is 0.223 e. The lowest BCUT2D eigenvalue weighted by molar-refractivity contribution is -0.122. The predicted molar refractivity (Wildman–Crippen MR) is 60.3 cm³/mol. The summed E-state index contributed by atoms with van der Waals surface area (Å²) >= 11 is 11.5. The van der Waals surface area contributed by atoms with Crippen molar-refractivity contribution in [3.05, 3.63) is 28.2 Å². The Labute approximate surface area is 98.1 Å². The summed E-state index contributed by atoms with van der Waals surface area (Å²) in [5.74, 6) is -0.216. The van der Waals surface area contributed by atoms with Crippen LogP contribution < -0.4 is 10.5 Å². The third-order valence-corrected chi connectivity index (χ3v) is 2.26. The van der Waals surface area contributed by atoms with Crippen LogP contribution in [0.5, 0.6) is 5.75 Å². The number of carbonyl (C=O) groups excluding carboxylic acids is 1. The molecule has 82 valence electrons. The van der Waals surface area contributed by atoms with Gasteiger partial charge in [0, 0.05) is 10.0 Å². The van der Waals surface area contributed by atoms with Gasteiger partial charge in [-0.3, -0.25) is 4.79 Å². The predicted octanol–water partition coefficient (Wildman–Crippen LogP) is 2.49. The number of carbonyl (C=O) groups is 1. The molecule has 0 saturated carbocycles. The first-order valence-electron chi connectivity index (χ1n) is 4.37. The number of halogens is 2. The van der Waals surface area contributed by atoms with Gasteiger partial charge in [0.2, 0.25) is 5.91 Å². The molecule has 3 nitrogen and oxygen atoms in total. The summed E-state index contributed by atoms with van der Waals surface area (Å²) in [4.78, 5) is 10.7. The third-order valence-electron chi connectivity index (χ3n) is 1.82. The maximum absolute atomic E-state index is 10.7. The molecule has 0 saturated heterocycles. The number of benzene rings is 1. The molecule has 0 bridgehead atoms. The van der Waals surface area contributed by atoms with Crippen LogP contribution in [0.25, 0.3) is 0 Å².